The van der Waals surface area contributed by atoms with Crippen molar-refractivity contribution in [2.45, 2.75) is 52.0 Å². The summed E-state index contributed by atoms with van der Waals surface area (Å²) in [4.78, 5) is 22.7. The van der Waals surface area contributed by atoms with E-state index in [1.807, 2.05) is 0 Å². The van der Waals surface area contributed by atoms with E-state index < -0.39 is 5.97 Å². The first-order chi connectivity index (χ1) is 9.02. The van der Waals surface area contributed by atoms with Gasteiger partial charge in [-0.05, 0) is 31.7 Å². The average Bonchev–Trinajstić information content (AvgIpc) is 2.84. The second-order valence-corrected chi connectivity index (χ2v) is 5.48. The first-order valence-corrected chi connectivity index (χ1v) is 6.99. The number of rotatable bonds is 4. The summed E-state index contributed by atoms with van der Waals surface area (Å²) in [5, 5.41) is 9.28. The third kappa shape index (κ3) is 2.88. The van der Waals surface area contributed by atoms with E-state index in [4.69, 9.17) is 0 Å². The van der Waals surface area contributed by atoms with Crippen LogP contribution in [0.25, 0.3) is 0 Å². The monoisotopic (exact) mass is 263 g/mol. The van der Waals surface area contributed by atoms with Crippen LogP contribution in [0.1, 0.15) is 72.8 Å². The minimum atomic E-state index is -0.953. The summed E-state index contributed by atoms with van der Waals surface area (Å²) < 4.78 is 1.81. The summed E-state index contributed by atoms with van der Waals surface area (Å²) in [5.74, 6) is -0.362. The molecule has 19 heavy (non-hydrogen) atoms. The SMILES string of the molecule is CCC1CCCC(n2cc(C(C)=O)cc2C(=O)O)C1. The predicted octanol–water partition coefficient (Wildman–Crippen LogP) is 3.53. The lowest BCUT2D eigenvalue weighted by molar-refractivity contribution is 0.0679. The quantitative estimate of drug-likeness (QED) is 0.845. The third-order valence-corrected chi connectivity index (χ3v) is 4.20. The highest BCUT2D eigenvalue weighted by molar-refractivity contribution is 5.97. The minimum absolute atomic E-state index is 0.0795. The molecule has 1 aliphatic rings. The zero-order valence-corrected chi connectivity index (χ0v) is 11.6. The van der Waals surface area contributed by atoms with Crippen LogP contribution >= 0.6 is 0 Å². The molecule has 0 aromatic carbocycles. The molecule has 0 bridgehead atoms. The minimum Gasteiger partial charge on any atom is -0.477 e. The molecule has 0 spiro atoms. The number of aromatic nitrogens is 1. The van der Waals surface area contributed by atoms with Crippen LogP contribution in [0.4, 0.5) is 0 Å². The van der Waals surface area contributed by atoms with Gasteiger partial charge in [0.2, 0.25) is 0 Å². The molecule has 1 saturated carbocycles. The number of carbonyl (C=O) groups excluding carboxylic acids is 1. The molecule has 2 atom stereocenters. The Hall–Kier alpha value is -1.58. The van der Waals surface area contributed by atoms with Crippen molar-refractivity contribution < 1.29 is 14.7 Å². The van der Waals surface area contributed by atoms with Crippen LogP contribution in [-0.2, 0) is 0 Å². The molecule has 4 heteroatoms. The van der Waals surface area contributed by atoms with Crippen molar-refractivity contribution in [3.8, 4) is 0 Å². The Morgan fingerprint density at radius 3 is 2.74 bits per heavy atom. The van der Waals surface area contributed by atoms with Crippen LogP contribution in [-0.4, -0.2) is 21.4 Å². The summed E-state index contributed by atoms with van der Waals surface area (Å²) in [6.07, 6.45) is 7.24. The van der Waals surface area contributed by atoms with Crippen molar-refractivity contribution in [1.29, 1.82) is 0 Å². The van der Waals surface area contributed by atoms with Crippen molar-refractivity contribution in [3.05, 3.63) is 23.5 Å². The fourth-order valence-corrected chi connectivity index (χ4v) is 3.03. The number of nitrogens with zero attached hydrogens (tertiary/aromatic N) is 1. The molecule has 0 aliphatic heterocycles. The normalized spacial score (nSPS) is 23.3. The maximum atomic E-state index is 11.4. The van der Waals surface area contributed by atoms with Crippen LogP contribution in [0.5, 0.6) is 0 Å². The van der Waals surface area contributed by atoms with E-state index in [2.05, 4.69) is 6.92 Å². The number of hydrogen-bond donors (Lipinski definition) is 1. The molecule has 4 nitrogen and oxygen atoms in total. The van der Waals surface area contributed by atoms with E-state index >= 15 is 0 Å². The first-order valence-electron chi connectivity index (χ1n) is 6.99. The van der Waals surface area contributed by atoms with Gasteiger partial charge in [-0.3, -0.25) is 4.79 Å². The number of carboxylic acids is 1. The van der Waals surface area contributed by atoms with E-state index in [9.17, 15) is 14.7 Å². The summed E-state index contributed by atoms with van der Waals surface area (Å²) in [6, 6.07) is 1.72. The standard InChI is InChI=1S/C15H21NO3/c1-3-11-5-4-6-13(7-11)16-9-12(10(2)17)8-14(16)15(18)19/h8-9,11,13H,3-7H2,1-2H3,(H,18,19). The second kappa shape index (κ2) is 5.59. The number of carboxylic acid groups (broad SMARTS) is 1. The zero-order valence-electron chi connectivity index (χ0n) is 11.6. The van der Waals surface area contributed by atoms with E-state index in [0.717, 1.165) is 25.7 Å². The van der Waals surface area contributed by atoms with Gasteiger partial charge >= 0.3 is 5.97 Å². The second-order valence-electron chi connectivity index (χ2n) is 5.48. The summed E-state index contributed by atoms with van der Waals surface area (Å²) in [5.41, 5.74) is 0.739. The van der Waals surface area contributed by atoms with Crippen LogP contribution in [0.3, 0.4) is 0 Å². The molecule has 0 saturated heterocycles. The van der Waals surface area contributed by atoms with Gasteiger partial charge in [0.25, 0.3) is 0 Å². The molecule has 1 aromatic heterocycles. The van der Waals surface area contributed by atoms with Gasteiger partial charge in [0.15, 0.2) is 5.78 Å². The Morgan fingerprint density at radius 2 is 2.16 bits per heavy atom. The number of carbonyl (C=O) groups is 2. The fraction of sp³-hybridized carbons (Fsp3) is 0.600. The van der Waals surface area contributed by atoms with E-state index in [-0.39, 0.29) is 17.5 Å². The molecule has 0 radical (unpaired) electrons. The first kappa shape index (κ1) is 13.8. The van der Waals surface area contributed by atoms with E-state index in [0.29, 0.717) is 11.5 Å². The summed E-state index contributed by atoms with van der Waals surface area (Å²) in [7, 11) is 0. The molecule has 1 fully saturated rings. The molecule has 1 heterocycles. The lowest BCUT2D eigenvalue weighted by Crippen LogP contribution is -2.21. The van der Waals surface area contributed by atoms with Crippen LogP contribution in [0.2, 0.25) is 0 Å². The van der Waals surface area contributed by atoms with Gasteiger partial charge < -0.3 is 9.67 Å². The Bertz CT molecular complexity index is 490. The number of aromatic carboxylic acids is 1. The molecular weight excluding hydrogens is 242 g/mol. The predicted molar refractivity (Wildman–Crippen MR) is 72.7 cm³/mol. The Morgan fingerprint density at radius 1 is 1.42 bits per heavy atom. The lowest BCUT2D eigenvalue weighted by Gasteiger charge is -2.30. The van der Waals surface area contributed by atoms with Crippen LogP contribution in [0.15, 0.2) is 12.3 Å². The highest BCUT2D eigenvalue weighted by Crippen LogP contribution is 2.35. The van der Waals surface area contributed by atoms with Gasteiger partial charge in [0.1, 0.15) is 5.69 Å². The van der Waals surface area contributed by atoms with Crippen LogP contribution in [0, 0.1) is 5.92 Å². The van der Waals surface area contributed by atoms with Crippen LogP contribution < -0.4 is 0 Å². The smallest absolute Gasteiger partial charge is 0.352 e. The van der Waals surface area contributed by atoms with Crippen molar-refractivity contribution in [1.82, 2.24) is 4.57 Å². The highest BCUT2D eigenvalue weighted by atomic mass is 16.4. The Balaban J connectivity index is 2.32. The molecule has 0 amide bonds. The van der Waals surface area contributed by atoms with Gasteiger partial charge in [-0.1, -0.05) is 26.2 Å². The maximum absolute atomic E-state index is 11.4. The lowest BCUT2D eigenvalue weighted by atomic mass is 9.84. The van der Waals surface area contributed by atoms with Crippen molar-refractivity contribution >= 4 is 11.8 Å². The van der Waals surface area contributed by atoms with Gasteiger partial charge in [-0.25, -0.2) is 4.79 Å². The third-order valence-electron chi connectivity index (χ3n) is 4.20. The van der Waals surface area contributed by atoms with E-state index in [1.165, 1.54) is 19.4 Å². The average molecular weight is 263 g/mol. The largest absolute Gasteiger partial charge is 0.477 e. The van der Waals surface area contributed by atoms with Crippen molar-refractivity contribution in [2.75, 3.05) is 0 Å². The Labute approximate surface area is 113 Å². The van der Waals surface area contributed by atoms with E-state index in [1.54, 1.807) is 10.8 Å². The number of hydrogen-bond acceptors (Lipinski definition) is 2. The maximum Gasteiger partial charge on any atom is 0.352 e. The van der Waals surface area contributed by atoms with Crippen molar-refractivity contribution in [3.63, 3.8) is 0 Å². The van der Waals surface area contributed by atoms with Gasteiger partial charge in [-0.2, -0.15) is 0 Å². The van der Waals surface area contributed by atoms with Gasteiger partial charge in [0, 0.05) is 17.8 Å². The Kier molecular flexibility index (Phi) is 4.08. The highest BCUT2D eigenvalue weighted by Gasteiger charge is 2.26. The summed E-state index contributed by atoms with van der Waals surface area (Å²) in [6.45, 7) is 3.66. The fourth-order valence-electron chi connectivity index (χ4n) is 3.03. The molecule has 1 aromatic rings. The zero-order chi connectivity index (χ0) is 14.0. The summed E-state index contributed by atoms with van der Waals surface area (Å²) >= 11 is 0. The molecule has 2 rings (SSSR count). The molecule has 1 N–H and O–H groups in total. The van der Waals surface area contributed by atoms with Gasteiger partial charge in [-0.15, -0.1) is 0 Å². The molecule has 104 valence electrons. The van der Waals surface area contributed by atoms with Gasteiger partial charge in [0.05, 0.1) is 0 Å². The number of Topliss-reactive ketones (excluding diaryl/α,β-unsaturated/α-hetero) is 1. The van der Waals surface area contributed by atoms with Crippen molar-refractivity contribution in [2.24, 2.45) is 5.92 Å². The topological polar surface area (TPSA) is 59.3 Å². The molecule has 1 aliphatic carbocycles. The number of ketones is 1. The molecule has 2 unspecified atom stereocenters. The molecular formula is C15H21NO3.